The molecule has 4 heteroatoms. The fourth-order valence-electron chi connectivity index (χ4n) is 1.11. The molecule has 2 N–H and O–H groups in total. The van der Waals surface area contributed by atoms with E-state index in [4.69, 9.17) is 5.73 Å². The second kappa shape index (κ2) is 3.91. The Labute approximate surface area is 95.5 Å². The zero-order valence-electron chi connectivity index (χ0n) is 7.31. The summed E-state index contributed by atoms with van der Waals surface area (Å²) in [6.07, 6.45) is 3.23. The molecule has 1 heterocycles. The summed E-state index contributed by atoms with van der Waals surface area (Å²) in [6.45, 7) is 0. The lowest BCUT2D eigenvalue weighted by molar-refractivity contribution is 1.18. The zero-order valence-corrected chi connectivity index (χ0v) is 9.47. The van der Waals surface area contributed by atoms with Gasteiger partial charge < -0.3 is 5.73 Å². The summed E-state index contributed by atoms with van der Waals surface area (Å²) in [7, 11) is 0. The fraction of sp³-hybridized carbons (Fsp3) is 0. The highest BCUT2D eigenvalue weighted by Crippen LogP contribution is 2.17. The summed E-state index contributed by atoms with van der Waals surface area (Å²) in [4.78, 5) is 8.30. The standard InChI is InChI=1S/C10H8IN3/c11-8-3-1-2-7(4-8)10-13-5-9(12)6-14-10/h1-6H,12H2. The monoisotopic (exact) mass is 297 g/mol. The molecule has 2 aromatic rings. The first-order chi connectivity index (χ1) is 6.75. The molecule has 0 aliphatic rings. The molecule has 2 rings (SSSR count). The molecule has 0 aliphatic carbocycles. The maximum atomic E-state index is 5.51. The van der Waals surface area contributed by atoms with E-state index in [-0.39, 0.29) is 0 Å². The average molecular weight is 297 g/mol. The molecular formula is C10H8IN3. The van der Waals surface area contributed by atoms with Crippen molar-refractivity contribution in [2.45, 2.75) is 0 Å². The second-order valence-corrected chi connectivity index (χ2v) is 4.10. The Kier molecular flexibility index (Phi) is 2.62. The quantitative estimate of drug-likeness (QED) is 0.822. The summed E-state index contributed by atoms with van der Waals surface area (Å²) in [5.41, 5.74) is 7.10. The van der Waals surface area contributed by atoms with Crippen molar-refractivity contribution in [1.82, 2.24) is 9.97 Å². The van der Waals surface area contributed by atoms with E-state index in [2.05, 4.69) is 32.6 Å². The summed E-state index contributed by atoms with van der Waals surface area (Å²) in [5.74, 6) is 0.706. The van der Waals surface area contributed by atoms with Crippen LogP contribution in [0.4, 0.5) is 5.69 Å². The molecule has 0 aliphatic heterocycles. The molecule has 0 spiro atoms. The van der Waals surface area contributed by atoms with Gasteiger partial charge in [-0.05, 0) is 34.7 Å². The predicted octanol–water partition coefficient (Wildman–Crippen LogP) is 2.33. The number of hydrogen-bond acceptors (Lipinski definition) is 3. The minimum Gasteiger partial charge on any atom is -0.396 e. The third-order valence-electron chi connectivity index (χ3n) is 1.75. The molecule has 0 unspecified atom stereocenters. The minimum atomic E-state index is 0.583. The number of nitrogens with two attached hydrogens (primary N) is 1. The summed E-state index contributed by atoms with van der Waals surface area (Å²) in [6, 6.07) is 8.03. The smallest absolute Gasteiger partial charge is 0.159 e. The number of hydrogen-bond donors (Lipinski definition) is 1. The van der Waals surface area contributed by atoms with Gasteiger partial charge in [0.2, 0.25) is 0 Å². The van der Waals surface area contributed by atoms with Crippen molar-refractivity contribution in [1.29, 1.82) is 0 Å². The molecule has 1 aromatic carbocycles. The number of nitrogen functional groups attached to an aromatic ring is 1. The van der Waals surface area contributed by atoms with Crippen molar-refractivity contribution < 1.29 is 0 Å². The van der Waals surface area contributed by atoms with Crippen LogP contribution >= 0.6 is 22.6 Å². The third kappa shape index (κ3) is 2.01. The van der Waals surface area contributed by atoms with Gasteiger partial charge in [-0.15, -0.1) is 0 Å². The molecule has 0 atom stereocenters. The van der Waals surface area contributed by atoms with Gasteiger partial charge in [0.1, 0.15) is 0 Å². The number of anilines is 1. The van der Waals surface area contributed by atoms with Crippen molar-refractivity contribution in [3.05, 3.63) is 40.2 Å². The SMILES string of the molecule is Nc1cnc(-c2cccc(I)c2)nc1. The van der Waals surface area contributed by atoms with Crippen LogP contribution in [0.1, 0.15) is 0 Å². The summed E-state index contributed by atoms with van der Waals surface area (Å²) < 4.78 is 1.17. The molecular weight excluding hydrogens is 289 g/mol. The lowest BCUT2D eigenvalue weighted by atomic mass is 10.2. The molecule has 3 nitrogen and oxygen atoms in total. The van der Waals surface area contributed by atoms with E-state index in [9.17, 15) is 0 Å². The van der Waals surface area contributed by atoms with Crippen LogP contribution in [0.3, 0.4) is 0 Å². The van der Waals surface area contributed by atoms with Gasteiger partial charge in [-0.2, -0.15) is 0 Å². The molecule has 1 aromatic heterocycles. The minimum absolute atomic E-state index is 0.583. The molecule has 0 amide bonds. The Morgan fingerprint density at radius 1 is 1.14 bits per heavy atom. The lowest BCUT2D eigenvalue weighted by Crippen LogP contribution is -1.92. The van der Waals surface area contributed by atoms with Crippen LogP contribution in [-0.4, -0.2) is 9.97 Å². The maximum Gasteiger partial charge on any atom is 0.159 e. The molecule has 14 heavy (non-hydrogen) atoms. The van der Waals surface area contributed by atoms with Gasteiger partial charge in [0.15, 0.2) is 5.82 Å². The van der Waals surface area contributed by atoms with E-state index in [1.165, 1.54) is 3.57 Å². The predicted molar refractivity (Wildman–Crippen MR) is 64.6 cm³/mol. The first kappa shape index (κ1) is 9.39. The van der Waals surface area contributed by atoms with E-state index in [1.54, 1.807) is 12.4 Å². The largest absolute Gasteiger partial charge is 0.396 e. The van der Waals surface area contributed by atoms with Crippen molar-refractivity contribution in [3.63, 3.8) is 0 Å². The topological polar surface area (TPSA) is 51.8 Å². The number of benzene rings is 1. The molecule has 70 valence electrons. The fourth-order valence-corrected chi connectivity index (χ4v) is 1.66. The van der Waals surface area contributed by atoms with Crippen LogP contribution in [0, 0.1) is 3.57 Å². The number of halogens is 1. The van der Waals surface area contributed by atoms with Crippen LogP contribution < -0.4 is 5.73 Å². The van der Waals surface area contributed by atoms with E-state index in [0.717, 1.165) is 5.56 Å². The highest BCUT2D eigenvalue weighted by molar-refractivity contribution is 14.1. The van der Waals surface area contributed by atoms with Gasteiger partial charge >= 0.3 is 0 Å². The van der Waals surface area contributed by atoms with Gasteiger partial charge in [-0.25, -0.2) is 9.97 Å². The second-order valence-electron chi connectivity index (χ2n) is 2.85. The van der Waals surface area contributed by atoms with E-state index >= 15 is 0 Å². The molecule has 0 bridgehead atoms. The third-order valence-corrected chi connectivity index (χ3v) is 2.43. The van der Waals surface area contributed by atoms with Crippen LogP contribution in [-0.2, 0) is 0 Å². The van der Waals surface area contributed by atoms with Gasteiger partial charge in [0, 0.05) is 9.13 Å². The van der Waals surface area contributed by atoms with E-state index in [1.807, 2.05) is 24.3 Å². The Bertz CT molecular complexity index is 439. The first-order valence-electron chi connectivity index (χ1n) is 4.09. The normalized spacial score (nSPS) is 10.1. The van der Waals surface area contributed by atoms with Gasteiger partial charge in [0.25, 0.3) is 0 Å². The highest BCUT2D eigenvalue weighted by atomic mass is 127. The van der Waals surface area contributed by atoms with Crippen molar-refractivity contribution in [3.8, 4) is 11.4 Å². The van der Waals surface area contributed by atoms with Crippen LogP contribution in [0.15, 0.2) is 36.7 Å². The lowest BCUT2D eigenvalue weighted by Gasteiger charge is -2.00. The van der Waals surface area contributed by atoms with Crippen molar-refractivity contribution in [2.75, 3.05) is 5.73 Å². The van der Waals surface area contributed by atoms with Crippen LogP contribution in [0.25, 0.3) is 11.4 Å². The molecule has 0 fully saturated rings. The highest BCUT2D eigenvalue weighted by Gasteiger charge is 2.00. The van der Waals surface area contributed by atoms with Gasteiger partial charge in [0.05, 0.1) is 18.1 Å². The summed E-state index contributed by atoms with van der Waals surface area (Å²) in [5, 5.41) is 0. The van der Waals surface area contributed by atoms with Crippen molar-refractivity contribution in [2.24, 2.45) is 0 Å². The summed E-state index contributed by atoms with van der Waals surface area (Å²) >= 11 is 2.26. The van der Waals surface area contributed by atoms with Gasteiger partial charge in [-0.3, -0.25) is 0 Å². The number of rotatable bonds is 1. The van der Waals surface area contributed by atoms with Gasteiger partial charge in [-0.1, -0.05) is 12.1 Å². The average Bonchev–Trinajstić information content (AvgIpc) is 2.19. The van der Waals surface area contributed by atoms with E-state index in [0.29, 0.717) is 11.5 Å². The Hall–Kier alpha value is -1.17. The number of aromatic nitrogens is 2. The zero-order chi connectivity index (χ0) is 9.97. The molecule has 0 saturated heterocycles. The van der Waals surface area contributed by atoms with Crippen LogP contribution in [0.2, 0.25) is 0 Å². The first-order valence-corrected chi connectivity index (χ1v) is 5.17. The van der Waals surface area contributed by atoms with E-state index < -0.39 is 0 Å². The Balaban J connectivity index is 2.44. The number of nitrogens with zero attached hydrogens (tertiary/aromatic N) is 2. The molecule has 0 radical (unpaired) electrons. The van der Waals surface area contributed by atoms with Crippen molar-refractivity contribution >= 4 is 28.3 Å². The van der Waals surface area contributed by atoms with Crippen LogP contribution in [0.5, 0.6) is 0 Å². The molecule has 0 saturated carbocycles. The maximum absolute atomic E-state index is 5.51. The Morgan fingerprint density at radius 3 is 2.50 bits per heavy atom. The Morgan fingerprint density at radius 2 is 1.86 bits per heavy atom.